The molecule has 0 spiro atoms. The lowest BCUT2D eigenvalue weighted by Crippen LogP contribution is -2.07. The van der Waals surface area contributed by atoms with Gasteiger partial charge in [0.2, 0.25) is 0 Å². The van der Waals surface area contributed by atoms with E-state index in [-0.39, 0.29) is 0 Å². The smallest absolute Gasteiger partial charge is 0.146 e. The summed E-state index contributed by atoms with van der Waals surface area (Å²) in [5.74, 6) is 1.44. The van der Waals surface area contributed by atoms with Crippen molar-refractivity contribution in [3.63, 3.8) is 0 Å². The number of ether oxygens (including phenoxy) is 1. The van der Waals surface area contributed by atoms with Crippen molar-refractivity contribution in [1.82, 2.24) is 9.97 Å². The third-order valence-corrected chi connectivity index (χ3v) is 3.07. The highest BCUT2D eigenvalue weighted by Crippen LogP contribution is 2.40. The highest BCUT2D eigenvalue weighted by Gasteiger charge is 2.20. The molecule has 0 saturated carbocycles. The Kier molecular flexibility index (Phi) is 2.57. The van der Waals surface area contributed by atoms with E-state index in [2.05, 4.69) is 9.97 Å². The second-order valence-electron chi connectivity index (χ2n) is 3.63. The normalized spacial score (nSPS) is 13.9. The van der Waals surface area contributed by atoms with E-state index in [1.807, 2.05) is 12.1 Å². The number of fused-ring (bicyclic) bond motifs is 1. The molecule has 2 heterocycles. The molecule has 0 bridgehead atoms. The monoisotopic (exact) mass is 266 g/mol. The first-order valence-corrected chi connectivity index (χ1v) is 5.83. The lowest BCUT2D eigenvalue weighted by atomic mass is 10.0. The molecule has 0 amide bonds. The van der Waals surface area contributed by atoms with Gasteiger partial charge in [-0.2, -0.15) is 0 Å². The summed E-state index contributed by atoms with van der Waals surface area (Å²) in [5, 5.41) is 1.10. The van der Waals surface area contributed by atoms with Gasteiger partial charge in [-0.3, -0.25) is 0 Å². The van der Waals surface area contributed by atoms with Gasteiger partial charge in [-0.1, -0.05) is 23.2 Å². The van der Waals surface area contributed by atoms with Crippen LogP contribution in [0.5, 0.6) is 5.75 Å². The SMILES string of the molecule is Clc1cc(Cl)c2c(c1)C(c1ncc[nH]1)=CCO2. The van der Waals surface area contributed by atoms with Gasteiger partial charge in [0.15, 0.2) is 0 Å². The zero-order valence-electron chi connectivity index (χ0n) is 8.71. The fraction of sp³-hybridized carbons (Fsp3) is 0.0833. The zero-order valence-corrected chi connectivity index (χ0v) is 10.2. The van der Waals surface area contributed by atoms with Crippen LogP contribution in [0.15, 0.2) is 30.6 Å². The maximum atomic E-state index is 6.11. The summed E-state index contributed by atoms with van der Waals surface area (Å²) in [4.78, 5) is 7.30. The van der Waals surface area contributed by atoms with E-state index in [4.69, 9.17) is 27.9 Å². The number of imidazole rings is 1. The fourth-order valence-corrected chi connectivity index (χ4v) is 2.41. The van der Waals surface area contributed by atoms with E-state index in [1.54, 1.807) is 18.5 Å². The molecule has 17 heavy (non-hydrogen) atoms. The third-order valence-electron chi connectivity index (χ3n) is 2.57. The van der Waals surface area contributed by atoms with Gasteiger partial charge in [0.1, 0.15) is 18.2 Å². The Balaban J connectivity index is 2.20. The Morgan fingerprint density at radius 2 is 2.18 bits per heavy atom. The van der Waals surface area contributed by atoms with E-state index in [1.165, 1.54) is 0 Å². The number of nitrogens with zero attached hydrogens (tertiary/aromatic N) is 1. The maximum absolute atomic E-state index is 6.11. The third kappa shape index (κ3) is 1.81. The van der Waals surface area contributed by atoms with Gasteiger partial charge in [-0.05, 0) is 18.2 Å². The van der Waals surface area contributed by atoms with Crippen LogP contribution in [0.3, 0.4) is 0 Å². The van der Waals surface area contributed by atoms with Crippen LogP contribution in [-0.2, 0) is 0 Å². The number of nitrogens with one attached hydrogen (secondary N) is 1. The Hall–Kier alpha value is -1.45. The molecule has 3 rings (SSSR count). The highest BCUT2D eigenvalue weighted by atomic mass is 35.5. The molecule has 0 saturated heterocycles. The van der Waals surface area contributed by atoms with Crippen LogP contribution in [0.1, 0.15) is 11.4 Å². The molecule has 1 N–H and O–H groups in total. The summed E-state index contributed by atoms with van der Waals surface area (Å²) in [6.45, 7) is 0.477. The first-order valence-electron chi connectivity index (χ1n) is 5.08. The highest BCUT2D eigenvalue weighted by molar-refractivity contribution is 6.36. The largest absolute Gasteiger partial charge is 0.487 e. The van der Waals surface area contributed by atoms with Gasteiger partial charge in [0, 0.05) is 28.6 Å². The Morgan fingerprint density at radius 3 is 2.94 bits per heavy atom. The van der Waals surface area contributed by atoms with Crippen molar-refractivity contribution in [3.8, 4) is 5.75 Å². The lowest BCUT2D eigenvalue weighted by Gasteiger charge is -2.19. The summed E-state index contributed by atoms with van der Waals surface area (Å²) in [6.07, 6.45) is 5.43. The van der Waals surface area contributed by atoms with Gasteiger partial charge in [0.25, 0.3) is 0 Å². The van der Waals surface area contributed by atoms with E-state index in [0.29, 0.717) is 22.4 Å². The van der Waals surface area contributed by atoms with Crippen molar-refractivity contribution >= 4 is 28.8 Å². The van der Waals surface area contributed by atoms with Gasteiger partial charge < -0.3 is 9.72 Å². The van der Waals surface area contributed by atoms with Crippen molar-refractivity contribution in [2.45, 2.75) is 0 Å². The van der Waals surface area contributed by atoms with Crippen LogP contribution in [0.25, 0.3) is 5.57 Å². The van der Waals surface area contributed by atoms with E-state index >= 15 is 0 Å². The minimum absolute atomic E-state index is 0.477. The molecular weight excluding hydrogens is 259 g/mol. The Morgan fingerprint density at radius 1 is 1.29 bits per heavy atom. The van der Waals surface area contributed by atoms with Gasteiger partial charge in [-0.15, -0.1) is 0 Å². The molecule has 1 aromatic carbocycles. The van der Waals surface area contributed by atoms with E-state index in [0.717, 1.165) is 17.0 Å². The summed E-state index contributed by atoms with van der Waals surface area (Å²) >= 11 is 12.1. The summed E-state index contributed by atoms with van der Waals surface area (Å²) in [5.41, 5.74) is 1.82. The van der Waals surface area contributed by atoms with Crippen molar-refractivity contribution < 1.29 is 4.74 Å². The van der Waals surface area contributed by atoms with Crippen LogP contribution < -0.4 is 4.74 Å². The standard InChI is InChI=1S/C12H8Cl2N2O/c13-7-5-9-8(12-15-2-3-16-12)1-4-17-11(9)10(14)6-7/h1-3,5-6H,4H2,(H,15,16). The maximum Gasteiger partial charge on any atom is 0.146 e. The molecule has 0 radical (unpaired) electrons. The Labute approximate surface area is 108 Å². The van der Waals surface area contributed by atoms with Crippen LogP contribution in [0.4, 0.5) is 0 Å². The quantitative estimate of drug-likeness (QED) is 0.858. The van der Waals surface area contributed by atoms with Crippen LogP contribution >= 0.6 is 23.2 Å². The number of hydrogen-bond donors (Lipinski definition) is 1. The number of benzene rings is 1. The fourth-order valence-electron chi connectivity index (χ4n) is 1.86. The average Bonchev–Trinajstić information content (AvgIpc) is 2.81. The molecule has 3 nitrogen and oxygen atoms in total. The minimum atomic E-state index is 0.477. The minimum Gasteiger partial charge on any atom is -0.487 e. The molecule has 86 valence electrons. The van der Waals surface area contributed by atoms with E-state index in [9.17, 15) is 0 Å². The number of hydrogen-bond acceptors (Lipinski definition) is 2. The van der Waals surface area contributed by atoms with Crippen molar-refractivity contribution in [1.29, 1.82) is 0 Å². The van der Waals surface area contributed by atoms with Crippen molar-refractivity contribution in [2.24, 2.45) is 0 Å². The summed E-state index contributed by atoms with van der Waals surface area (Å²) < 4.78 is 5.53. The van der Waals surface area contributed by atoms with E-state index < -0.39 is 0 Å². The number of aromatic nitrogens is 2. The van der Waals surface area contributed by atoms with Crippen molar-refractivity contribution in [3.05, 3.63) is 52.0 Å². The molecular formula is C12H8Cl2N2O. The van der Waals surface area contributed by atoms with Crippen LogP contribution in [0.2, 0.25) is 10.0 Å². The molecule has 2 aromatic rings. The lowest BCUT2D eigenvalue weighted by molar-refractivity contribution is 0.357. The number of halogens is 2. The predicted octanol–water partition coefficient (Wildman–Crippen LogP) is 3.54. The number of H-pyrrole nitrogens is 1. The zero-order chi connectivity index (χ0) is 11.8. The van der Waals surface area contributed by atoms with Gasteiger partial charge in [0.05, 0.1) is 5.02 Å². The molecule has 0 aliphatic carbocycles. The molecule has 0 atom stereocenters. The topological polar surface area (TPSA) is 37.9 Å². The molecule has 0 fully saturated rings. The molecule has 5 heteroatoms. The molecule has 1 aliphatic rings. The Bertz CT molecular complexity index is 591. The summed E-state index contributed by atoms with van der Waals surface area (Å²) in [7, 11) is 0. The summed E-state index contributed by atoms with van der Waals surface area (Å²) in [6, 6.07) is 3.50. The van der Waals surface area contributed by atoms with Crippen LogP contribution in [0, 0.1) is 0 Å². The first kappa shape index (κ1) is 10.7. The van der Waals surface area contributed by atoms with Crippen LogP contribution in [-0.4, -0.2) is 16.6 Å². The second-order valence-corrected chi connectivity index (χ2v) is 4.47. The molecule has 0 unspecified atom stereocenters. The number of rotatable bonds is 1. The van der Waals surface area contributed by atoms with Gasteiger partial charge in [-0.25, -0.2) is 4.98 Å². The number of aromatic amines is 1. The van der Waals surface area contributed by atoms with Crippen molar-refractivity contribution in [2.75, 3.05) is 6.61 Å². The molecule has 1 aliphatic heterocycles. The van der Waals surface area contributed by atoms with Gasteiger partial charge >= 0.3 is 0 Å². The average molecular weight is 267 g/mol. The molecule has 1 aromatic heterocycles. The second kappa shape index (κ2) is 4.09. The predicted molar refractivity (Wildman–Crippen MR) is 67.6 cm³/mol. The first-order chi connectivity index (χ1) is 8.25.